The molecule has 0 spiro atoms. The molecule has 0 aromatic heterocycles. The summed E-state index contributed by atoms with van der Waals surface area (Å²) < 4.78 is 0. The Balaban J connectivity index is 1.61. The summed E-state index contributed by atoms with van der Waals surface area (Å²) >= 11 is 0. The average molecular weight is 350 g/mol. The van der Waals surface area contributed by atoms with Crippen LogP contribution >= 0.6 is 0 Å². The van der Waals surface area contributed by atoms with Crippen LogP contribution in [0.5, 0.6) is 0 Å². The van der Waals surface area contributed by atoms with E-state index in [1.165, 1.54) is 32.1 Å². The third-order valence-corrected chi connectivity index (χ3v) is 8.94. The highest BCUT2D eigenvalue weighted by molar-refractivity contribution is 5.78. The Bertz CT molecular complexity index is 537. The second-order valence-corrected chi connectivity index (χ2v) is 9.83. The topological polar surface area (TPSA) is 60.8 Å². The lowest BCUT2D eigenvalue weighted by Gasteiger charge is -2.64. The van der Waals surface area contributed by atoms with E-state index in [-0.39, 0.29) is 24.2 Å². The van der Waals surface area contributed by atoms with Crippen molar-refractivity contribution >= 4 is 5.91 Å². The summed E-state index contributed by atoms with van der Waals surface area (Å²) in [5.74, 6) is 2.65. The fraction of sp³-hybridized carbons (Fsp3) is 0.952. The van der Waals surface area contributed by atoms with E-state index in [1.807, 2.05) is 4.90 Å². The number of piperidine rings is 1. The van der Waals surface area contributed by atoms with Crippen molar-refractivity contribution in [1.29, 1.82) is 0 Å². The molecular formula is C21H35NO3. The van der Waals surface area contributed by atoms with Gasteiger partial charge >= 0.3 is 0 Å². The van der Waals surface area contributed by atoms with E-state index in [0.29, 0.717) is 23.2 Å². The molecule has 25 heavy (non-hydrogen) atoms. The maximum atomic E-state index is 12.4. The Hall–Kier alpha value is -0.610. The van der Waals surface area contributed by atoms with Crippen LogP contribution in [-0.2, 0) is 4.79 Å². The normalized spacial score (nSPS) is 49.8. The van der Waals surface area contributed by atoms with Crippen LogP contribution < -0.4 is 0 Å². The molecule has 2 N–H and O–H groups in total. The van der Waals surface area contributed by atoms with E-state index < -0.39 is 0 Å². The summed E-state index contributed by atoms with van der Waals surface area (Å²) in [5, 5.41) is 19.6. The van der Waals surface area contributed by atoms with Gasteiger partial charge in [-0.2, -0.15) is 0 Å². The zero-order valence-electron chi connectivity index (χ0n) is 15.9. The second kappa shape index (κ2) is 6.23. The molecule has 0 aromatic carbocycles. The third-order valence-electron chi connectivity index (χ3n) is 8.94. The van der Waals surface area contributed by atoms with Gasteiger partial charge in [0.15, 0.2) is 0 Å². The van der Waals surface area contributed by atoms with Gasteiger partial charge in [0.05, 0.1) is 6.10 Å². The van der Waals surface area contributed by atoms with Crippen molar-refractivity contribution in [3.8, 4) is 0 Å². The van der Waals surface area contributed by atoms with Gasteiger partial charge in [-0.05, 0) is 93.8 Å². The Morgan fingerprint density at radius 1 is 1.08 bits per heavy atom. The lowest BCUT2D eigenvalue weighted by Crippen LogP contribution is -2.65. The number of aliphatic hydroxyl groups is 2. The van der Waals surface area contributed by atoms with Crippen molar-refractivity contribution in [1.82, 2.24) is 4.90 Å². The molecule has 0 bridgehead atoms. The molecule has 0 aromatic rings. The first-order chi connectivity index (χ1) is 11.9. The average Bonchev–Trinajstić information content (AvgIpc) is 2.60. The monoisotopic (exact) mass is 349 g/mol. The highest BCUT2D eigenvalue weighted by Crippen LogP contribution is 2.63. The summed E-state index contributed by atoms with van der Waals surface area (Å²) in [6, 6.07) is 0. The van der Waals surface area contributed by atoms with Crippen molar-refractivity contribution in [2.75, 3.05) is 13.2 Å². The quantitative estimate of drug-likeness (QED) is 0.765. The molecule has 1 heterocycles. The molecule has 4 rings (SSSR count). The number of carbonyl (C=O) groups is 1. The van der Waals surface area contributed by atoms with Crippen molar-refractivity contribution in [2.45, 2.75) is 83.3 Å². The Morgan fingerprint density at radius 2 is 1.88 bits per heavy atom. The minimum absolute atomic E-state index is 0.0589. The molecule has 7 atom stereocenters. The van der Waals surface area contributed by atoms with Crippen LogP contribution in [-0.4, -0.2) is 45.8 Å². The van der Waals surface area contributed by atoms with Crippen LogP contribution in [0.3, 0.4) is 0 Å². The van der Waals surface area contributed by atoms with Gasteiger partial charge in [0, 0.05) is 12.1 Å². The van der Waals surface area contributed by atoms with Gasteiger partial charge in [0.25, 0.3) is 0 Å². The maximum absolute atomic E-state index is 12.4. The van der Waals surface area contributed by atoms with Gasteiger partial charge in [-0.15, -0.1) is 0 Å². The van der Waals surface area contributed by atoms with Crippen LogP contribution in [0, 0.1) is 29.1 Å². The van der Waals surface area contributed by atoms with Crippen LogP contribution in [0.4, 0.5) is 0 Å². The smallest absolute Gasteiger partial charge is 0.248 e. The number of hydrogen-bond acceptors (Lipinski definition) is 3. The van der Waals surface area contributed by atoms with E-state index in [4.69, 9.17) is 0 Å². The van der Waals surface area contributed by atoms with Gasteiger partial charge in [-0.25, -0.2) is 0 Å². The lowest BCUT2D eigenvalue weighted by atomic mass is 9.45. The van der Waals surface area contributed by atoms with E-state index in [0.717, 1.165) is 38.1 Å². The van der Waals surface area contributed by atoms with Crippen LogP contribution in [0.15, 0.2) is 0 Å². The predicted octanol–water partition coefficient (Wildman–Crippen LogP) is 2.96. The lowest BCUT2D eigenvalue weighted by molar-refractivity contribution is -0.168. The van der Waals surface area contributed by atoms with Crippen LogP contribution in [0.2, 0.25) is 0 Å². The van der Waals surface area contributed by atoms with Crippen molar-refractivity contribution < 1.29 is 15.0 Å². The van der Waals surface area contributed by atoms with Gasteiger partial charge in [0.2, 0.25) is 5.91 Å². The molecular weight excluding hydrogens is 314 g/mol. The minimum Gasteiger partial charge on any atom is -0.393 e. The second-order valence-electron chi connectivity index (χ2n) is 9.83. The predicted molar refractivity (Wildman–Crippen MR) is 96.8 cm³/mol. The molecule has 4 fully saturated rings. The number of hydrogen-bond donors (Lipinski definition) is 2. The van der Waals surface area contributed by atoms with Gasteiger partial charge in [-0.3, -0.25) is 4.79 Å². The zero-order chi connectivity index (χ0) is 17.8. The number of nitrogens with zero attached hydrogens (tertiary/aromatic N) is 1. The molecule has 4 aliphatic rings. The third kappa shape index (κ3) is 2.58. The van der Waals surface area contributed by atoms with Crippen molar-refractivity contribution in [3.05, 3.63) is 0 Å². The first-order valence-corrected chi connectivity index (χ1v) is 10.5. The summed E-state index contributed by atoms with van der Waals surface area (Å²) in [6.45, 7) is 5.26. The van der Waals surface area contributed by atoms with Gasteiger partial charge < -0.3 is 15.1 Å². The summed E-state index contributed by atoms with van der Waals surface area (Å²) in [4.78, 5) is 14.4. The number of carbonyl (C=O) groups excluding carboxylic acids is 1. The molecule has 3 unspecified atom stereocenters. The molecule has 1 amide bonds. The summed E-state index contributed by atoms with van der Waals surface area (Å²) in [5.41, 5.74) is 0.323. The highest BCUT2D eigenvalue weighted by atomic mass is 16.3. The van der Waals surface area contributed by atoms with Crippen molar-refractivity contribution in [2.24, 2.45) is 29.1 Å². The number of fused-ring (bicyclic) bond motifs is 5. The SMILES string of the molecule is C[C@]12CCC3C(CC[C@H]4C[C@H](O)CC[C@]34C)C1CCCN2C(=O)CO. The summed E-state index contributed by atoms with van der Waals surface area (Å²) in [6.07, 6.45) is 10.1. The molecule has 3 saturated carbocycles. The standard InChI is InChI=1S/C21H35NO3/c1-20-9-7-15(24)12-14(20)5-6-16-17(20)8-10-21(2)18(16)4-3-11-22(21)19(25)13-23/h14-18,23-24H,3-13H2,1-2H3/t14-,15+,16?,17?,18?,20-,21-/m0/s1. The molecule has 3 aliphatic carbocycles. The van der Waals surface area contributed by atoms with Crippen molar-refractivity contribution in [3.63, 3.8) is 0 Å². The van der Waals surface area contributed by atoms with Gasteiger partial charge in [-0.1, -0.05) is 6.92 Å². The molecule has 1 saturated heterocycles. The highest BCUT2D eigenvalue weighted by Gasteiger charge is 2.59. The fourth-order valence-electron chi connectivity index (χ4n) is 7.62. The number of amides is 1. The molecule has 1 aliphatic heterocycles. The van der Waals surface area contributed by atoms with Crippen LogP contribution in [0.1, 0.15) is 71.6 Å². The Morgan fingerprint density at radius 3 is 2.64 bits per heavy atom. The number of rotatable bonds is 1. The van der Waals surface area contributed by atoms with E-state index in [1.54, 1.807) is 0 Å². The Kier molecular flexibility index (Phi) is 4.43. The summed E-state index contributed by atoms with van der Waals surface area (Å²) in [7, 11) is 0. The first kappa shape index (κ1) is 17.8. The van der Waals surface area contributed by atoms with E-state index >= 15 is 0 Å². The molecule has 0 radical (unpaired) electrons. The number of likely N-dealkylation sites (tertiary alicyclic amines) is 1. The number of aliphatic hydroxyl groups excluding tert-OH is 2. The Labute approximate surface area is 152 Å². The zero-order valence-corrected chi connectivity index (χ0v) is 15.9. The molecule has 4 heteroatoms. The first-order valence-electron chi connectivity index (χ1n) is 10.5. The largest absolute Gasteiger partial charge is 0.393 e. The minimum atomic E-state index is -0.353. The van der Waals surface area contributed by atoms with E-state index in [2.05, 4.69) is 13.8 Å². The van der Waals surface area contributed by atoms with Gasteiger partial charge in [0.1, 0.15) is 6.61 Å². The molecule has 142 valence electrons. The molecule has 4 nitrogen and oxygen atoms in total. The van der Waals surface area contributed by atoms with Crippen LogP contribution in [0.25, 0.3) is 0 Å². The maximum Gasteiger partial charge on any atom is 0.248 e. The van der Waals surface area contributed by atoms with E-state index in [9.17, 15) is 15.0 Å². The fourth-order valence-corrected chi connectivity index (χ4v) is 7.62.